The molecule has 47 heavy (non-hydrogen) atoms. The number of nitrogens with one attached hydrogen (secondary N) is 1. The second-order valence-electron chi connectivity index (χ2n) is 13.5. The molecule has 2 aromatic carbocycles. The number of hydrogen-bond acceptors (Lipinski definition) is 7. The van der Waals surface area contributed by atoms with E-state index in [1.165, 1.54) is 23.1 Å². The summed E-state index contributed by atoms with van der Waals surface area (Å²) in [6.07, 6.45) is 3.85. The molecule has 1 saturated carbocycles. The van der Waals surface area contributed by atoms with Crippen molar-refractivity contribution in [1.29, 1.82) is 5.26 Å². The van der Waals surface area contributed by atoms with E-state index in [-0.39, 0.29) is 41.8 Å². The third kappa shape index (κ3) is 6.35. The van der Waals surface area contributed by atoms with E-state index in [9.17, 15) is 32.8 Å². The van der Waals surface area contributed by atoms with Crippen LogP contribution in [-0.4, -0.2) is 92.4 Å². The van der Waals surface area contributed by atoms with Crippen molar-refractivity contribution in [3.63, 3.8) is 0 Å². The van der Waals surface area contributed by atoms with Crippen LogP contribution in [0.25, 0.3) is 0 Å². The number of sulfone groups is 1. The zero-order valence-electron chi connectivity index (χ0n) is 26.4. The Morgan fingerprint density at radius 1 is 1.06 bits per heavy atom. The summed E-state index contributed by atoms with van der Waals surface area (Å²) in [4.78, 5) is 29.7. The van der Waals surface area contributed by atoms with E-state index in [1.54, 1.807) is 18.2 Å². The Morgan fingerprint density at radius 3 is 2.38 bits per heavy atom. The zero-order chi connectivity index (χ0) is 33.3. The molecule has 10 nitrogen and oxygen atoms in total. The van der Waals surface area contributed by atoms with E-state index >= 15 is 0 Å². The topological polar surface area (TPSA) is 134 Å². The van der Waals surface area contributed by atoms with E-state index in [1.807, 2.05) is 18.2 Å². The number of nitriles is 1. The van der Waals surface area contributed by atoms with E-state index in [0.29, 0.717) is 17.9 Å². The molecule has 250 valence electrons. The van der Waals surface area contributed by atoms with Crippen LogP contribution in [0.15, 0.2) is 66.1 Å². The largest absolute Gasteiger partial charge is 0.465 e. The second kappa shape index (κ2) is 13.3. The first-order valence-electron chi connectivity index (χ1n) is 16.4. The van der Waals surface area contributed by atoms with Crippen molar-refractivity contribution in [2.45, 2.75) is 53.7 Å². The highest BCUT2D eigenvalue weighted by Gasteiger charge is 2.53. The molecule has 4 fully saturated rings. The van der Waals surface area contributed by atoms with Crippen LogP contribution in [0, 0.1) is 34.9 Å². The molecule has 0 bridgehead atoms. The fourth-order valence-corrected chi connectivity index (χ4v) is 10.0. The third-order valence-electron chi connectivity index (χ3n) is 10.9. The number of rotatable bonds is 10. The Labute approximate surface area is 275 Å². The molecule has 0 spiro atoms. The molecule has 0 radical (unpaired) electrons. The van der Waals surface area contributed by atoms with Crippen LogP contribution in [0.3, 0.4) is 0 Å². The number of nitrogens with zero attached hydrogens (tertiary/aromatic N) is 4. The summed E-state index contributed by atoms with van der Waals surface area (Å²) < 4.78 is 40.5. The van der Waals surface area contributed by atoms with Crippen LogP contribution in [-0.2, 0) is 20.0 Å². The lowest BCUT2D eigenvalue weighted by atomic mass is 9.59. The molecular formula is C35H42FN5O5S. The van der Waals surface area contributed by atoms with E-state index < -0.39 is 32.4 Å². The maximum Gasteiger partial charge on any atom is 0.404 e. The van der Waals surface area contributed by atoms with Gasteiger partial charge in [0.2, 0.25) is 5.91 Å². The lowest BCUT2D eigenvalue weighted by molar-refractivity contribution is -0.129. The number of carbonyl (C=O) groups excluding carboxylic acids is 1. The van der Waals surface area contributed by atoms with E-state index in [2.05, 4.69) is 27.8 Å². The summed E-state index contributed by atoms with van der Waals surface area (Å²) in [6.45, 7) is 8.10. The van der Waals surface area contributed by atoms with Crippen LogP contribution in [0.1, 0.15) is 37.7 Å². The van der Waals surface area contributed by atoms with Gasteiger partial charge in [-0.25, -0.2) is 17.6 Å². The van der Waals surface area contributed by atoms with Gasteiger partial charge in [0, 0.05) is 56.3 Å². The van der Waals surface area contributed by atoms with Gasteiger partial charge < -0.3 is 25.1 Å². The Bertz CT molecular complexity index is 1640. The van der Waals surface area contributed by atoms with Crippen molar-refractivity contribution in [2.75, 3.05) is 50.7 Å². The average Bonchev–Trinajstić information content (AvgIpc) is 3.47. The number of hydrogen-bond donors (Lipinski definition) is 2. The summed E-state index contributed by atoms with van der Waals surface area (Å²) in [7, 11) is -3.51. The molecule has 3 aliphatic heterocycles. The van der Waals surface area contributed by atoms with Crippen LogP contribution in [0.2, 0.25) is 0 Å². The standard InChI is InChI=1S/C35H42FN5O5S/c1-2-33(42)41-21-30(22-41)47(45,46)29-11-9-28(10-12-29)40-19-24(20-40)18-39-15-13-25(14-16-39)35(23-37,26-5-3-6-27(36)17-26)31-7-4-8-32(31)38-34(43)44/h2-3,5-6,9-12,17,24-25,30-32,38H,1,4,7-8,13-16,18-22H2,(H,43,44)/t31-,32-,35-/m0/s1. The van der Waals surface area contributed by atoms with Gasteiger partial charge in [-0.05, 0) is 92.7 Å². The quantitative estimate of drug-likeness (QED) is 0.364. The SMILES string of the molecule is C=CC(=O)N1CC(S(=O)(=O)c2ccc(N3CC(CN4CCC([C@@](C#N)(c5cccc(F)c5)[C@H]5CCC[C@@H]5NC(=O)O)CC4)C3)cc2)C1. The van der Waals surface area contributed by atoms with Gasteiger partial charge in [-0.2, -0.15) is 5.26 Å². The highest BCUT2D eigenvalue weighted by molar-refractivity contribution is 7.92. The summed E-state index contributed by atoms with van der Waals surface area (Å²) >= 11 is 0. The molecule has 0 unspecified atom stereocenters. The lowest BCUT2D eigenvalue weighted by Gasteiger charge is -2.48. The molecule has 1 aliphatic carbocycles. The van der Waals surface area contributed by atoms with Gasteiger partial charge in [-0.1, -0.05) is 25.1 Å². The molecule has 2 aromatic rings. The highest BCUT2D eigenvalue weighted by atomic mass is 32.2. The fourth-order valence-electron chi connectivity index (χ4n) is 8.39. The minimum Gasteiger partial charge on any atom is -0.465 e. The van der Waals surface area contributed by atoms with Gasteiger partial charge >= 0.3 is 6.09 Å². The Hall–Kier alpha value is -3.95. The molecule has 3 atom stereocenters. The van der Waals surface area contributed by atoms with E-state index in [0.717, 1.165) is 64.1 Å². The number of benzene rings is 2. The van der Waals surface area contributed by atoms with Crippen molar-refractivity contribution in [2.24, 2.45) is 17.8 Å². The first-order chi connectivity index (χ1) is 22.5. The van der Waals surface area contributed by atoms with Gasteiger partial charge in [-0.15, -0.1) is 0 Å². The minimum absolute atomic E-state index is 0.0232. The van der Waals surface area contributed by atoms with Crippen molar-refractivity contribution in [3.05, 3.63) is 72.6 Å². The van der Waals surface area contributed by atoms with Crippen LogP contribution in [0.4, 0.5) is 14.9 Å². The zero-order valence-corrected chi connectivity index (χ0v) is 27.2. The van der Waals surface area contributed by atoms with Crippen LogP contribution in [0.5, 0.6) is 0 Å². The van der Waals surface area contributed by atoms with Gasteiger partial charge in [0.15, 0.2) is 9.84 Å². The Morgan fingerprint density at radius 2 is 1.77 bits per heavy atom. The van der Waals surface area contributed by atoms with Crippen molar-refractivity contribution >= 4 is 27.5 Å². The maximum absolute atomic E-state index is 14.5. The molecule has 3 heterocycles. The second-order valence-corrected chi connectivity index (χ2v) is 15.8. The summed E-state index contributed by atoms with van der Waals surface area (Å²) in [5.74, 6) is -0.437. The molecule has 2 N–H and O–H groups in total. The number of likely N-dealkylation sites (tertiary alicyclic amines) is 2. The monoisotopic (exact) mass is 663 g/mol. The van der Waals surface area contributed by atoms with Crippen molar-refractivity contribution < 1.29 is 27.5 Å². The van der Waals surface area contributed by atoms with Gasteiger partial charge in [0.1, 0.15) is 11.1 Å². The van der Waals surface area contributed by atoms with Crippen molar-refractivity contribution in [3.8, 4) is 6.07 Å². The summed E-state index contributed by atoms with van der Waals surface area (Å²) in [5, 5.41) is 22.4. The normalized spacial score (nSPS) is 24.1. The molecule has 2 amide bonds. The highest BCUT2D eigenvalue weighted by Crippen LogP contribution is 2.50. The lowest BCUT2D eigenvalue weighted by Crippen LogP contribution is -2.56. The third-order valence-corrected chi connectivity index (χ3v) is 13.0. The summed E-state index contributed by atoms with van der Waals surface area (Å²) in [5.41, 5.74) is 0.644. The molecule has 3 saturated heterocycles. The number of anilines is 1. The van der Waals surface area contributed by atoms with Gasteiger partial charge in [-0.3, -0.25) is 4.79 Å². The van der Waals surface area contributed by atoms with Gasteiger partial charge in [0.05, 0.1) is 16.4 Å². The van der Waals surface area contributed by atoms with Crippen LogP contribution >= 0.6 is 0 Å². The molecule has 0 aromatic heterocycles. The number of amides is 2. The first kappa shape index (κ1) is 33.0. The van der Waals surface area contributed by atoms with Crippen molar-refractivity contribution in [1.82, 2.24) is 15.1 Å². The molecular weight excluding hydrogens is 621 g/mol. The molecule has 12 heteroatoms. The smallest absolute Gasteiger partial charge is 0.404 e. The number of carbonyl (C=O) groups is 2. The predicted octanol–water partition coefficient (Wildman–Crippen LogP) is 4.04. The summed E-state index contributed by atoms with van der Waals surface area (Å²) in [6, 6.07) is 15.6. The average molecular weight is 664 g/mol. The fraction of sp³-hybridized carbons (Fsp3) is 0.514. The first-order valence-corrected chi connectivity index (χ1v) is 18.0. The Balaban J connectivity index is 1.04. The Kier molecular flexibility index (Phi) is 9.31. The minimum atomic E-state index is -3.51. The number of halogens is 1. The maximum atomic E-state index is 14.5. The predicted molar refractivity (Wildman–Crippen MR) is 175 cm³/mol. The number of carboxylic acid groups (broad SMARTS) is 1. The molecule has 4 aliphatic rings. The van der Waals surface area contributed by atoms with Crippen LogP contribution < -0.4 is 10.2 Å². The van der Waals surface area contributed by atoms with Gasteiger partial charge in [0.25, 0.3) is 0 Å². The number of piperidine rings is 1. The molecule has 6 rings (SSSR count). The van der Waals surface area contributed by atoms with E-state index in [4.69, 9.17) is 0 Å².